The van der Waals surface area contributed by atoms with Gasteiger partial charge >= 0.3 is 0 Å². The summed E-state index contributed by atoms with van der Waals surface area (Å²) in [4.78, 5) is 42.8. The molecule has 4 rings (SSSR count). The predicted molar refractivity (Wildman–Crippen MR) is 149 cm³/mol. The fourth-order valence-electron chi connectivity index (χ4n) is 4.61. The number of rotatable bonds is 10. The lowest BCUT2D eigenvalue weighted by molar-refractivity contribution is -0.140. The molecule has 0 fully saturated rings. The molecule has 3 amide bonds. The van der Waals surface area contributed by atoms with E-state index in [0.717, 1.165) is 22.9 Å². The largest absolute Gasteiger partial charge is 0.352 e. The summed E-state index contributed by atoms with van der Waals surface area (Å²) >= 11 is 12.4. The maximum Gasteiger partial charge on any atom is 0.258 e. The van der Waals surface area contributed by atoms with Gasteiger partial charge in [0.2, 0.25) is 11.8 Å². The normalized spacial score (nSPS) is 14.1. The molecule has 194 valence electrons. The zero-order valence-corrected chi connectivity index (χ0v) is 22.8. The molecule has 6 nitrogen and oxygen atoms in total. The summed E-state index contributed by atoms with van der Waals surface area (Å²) in [6.07, 6.45) is 1.43. The number of hydrogen-bond acceptors (Lipinski definition) is 3. The lowest BCUT2D eigenvalue weighted by Gasteiger charge is -2.30. The molecule has 0 saturated carbocycles. The van der Waals surface area contributed by atoms with E-state index in [1.54, 1.807) is 34.9 Å². The summed E-state index contributed by atoms with van der Waals surface area (Å²) in [6.45, 7) is 6.22. The standard InChI is InChI=1S/C29H31Cl2N3O3/c1-4-18(2)32-28(36)19(3)34(17-21-13-14-22(30)16-24(21)31)26(35)12-7-15-33-25-11-6-9-20-8-5-10-23(27(20)25)29(33)37/h5-6,8-11,13-14,16,18-19H,4,7,12,15,17H2,1-3H3,(H,32,36)/t18-,19-/m0/s1. The Labute approximate surface area is 227 Å². The number of nitrogens with zero attached hydrogens (tertiary/aromatic N) is 2. The summed E-state index contributed by atoms with van der Waals surface area (Å²) in [5.74, 6) is -0.449. The molecular weight excluding hydrogens is 509 g/mol. The Morgan fingerprint density at radius 3 is 2.49 bits per heavy atom. The minimum absolute atomic E-state index is 0.00320. The quantitative estimate of drug-likeness (QED) is 0.332. The van der Waals surface area contributed by atoms with Gasteiger partial charge in [-0.15, -0.1) is 0 Å². The molecule has 0 saturated heterocycles. The van der Waals surface area contributed by atoms with Crippen LogP contribution in [0.15, 0.2) is 54.6 Å². The van der Waals surface area contributed by atoms with E-state index in [0.29, 0.717) is 34.1 Å². The summed E-state index contributed by atoms with van der Waals surface area (Å²) in [5, 5.41) is 5.88. The summed E-state index contributed by atoms with van der Waals surface area (Å²) in [5.41, 5.74) is 2.27. The van der Waals surface area contributed by atoms with Crippen molar-refractivity contribution in [2.45, 2.75) is 58.7 Å². The molecule has 1 aliphatic rings. The van der Waals surface area contributed by atoms with Crippen LogP contribution < -0.4 is 10.2 Å². The van der Waals surface area contributed by atoms with Crippen molar-refractivity contribution >= 4 is 57.4 Å². The number of halogens is 2. The minimum atomic E-state index is -0.695. The zero-order valence-electron chi connectivity index (χ0n) is 21.3. The highest BCUT2D eigenvalue weighted by Gasteiger charge is 2.30. The lowest BCUT2D eigenvalue weighted by Crippen LogP contribution is -2.49. The van der Waals surface area contributed by atoms with Gasteiger partial charge in [-0.05, 0) is 61.9 Å². The van der Waals surface area contributed by atoms with Crippen LogP contribution >= 0.6 is 23.2 Å². The van der Waals surface area contributed by atoms with E-state index in [-0.39, 0.29) is 36.7 Å². The predicted octanol–water partition coefficient (Wildman–Crippen LogP) is 6.22. The van der Waals surface area contributed by atoms with Crippen LogP contribution in [0, 0.1) is 0 Å². The first-order valence-electron chi connectivity index (χ1n) is 12.6. The first kappa shape index (κ1) is 27.0. The number of carbonyl (C=O) groups is 3. The second kappa shape index (κ2) is 11.5. The Kier molecular flexibility index (Phi) is 8.40. The van der Waals surface area contributed by atoms with Gasteiger partial charge in [0.1, 0.15) is 6.04 Å². The first-order valence-corrected chi connectivity index (χ1v) is 13.3. The van der Waals surface area contributed by atoms with Crippen LogP contribution in [0.25, 0.3) is 10.8 Å². The molecule has 0 radical (unpaired) electrons. The summed E-state index contributed by atoms with van der Waals surface area (Å²) < 4.78 is 0. The molecular formula is C29H31Cl2N3O3. The van der Waals surface area contributed by atoms with Gasteiger partial charge in [-0.3, -0.25) is 14.4 Å². The first-order chi connectivity index (χ1) is 17.7. The number of nitrogens with one attached hydrogen (secondary N) is 1. The van der Waals surface area contributed by atoms with Crippen molar-refractivity contribution in [1.82, 2.24) is 10.2 Å². The monoisotopic (exact) mass is 539 g/mol. The maximum absolute atomic E-state index is 13.5. The van der Waals surface area contributed by atoms with Crippen molar-refractivity contribution in [2.75, 3.05) is 11.4 Å². The molecule has 1 N–H and O–H groups in total. The van der Waals surface area contributed by atoms with Gasteiger partial charge < -0.3 is 15.1 Å². The van der Waals surface area contributed by atoms with Crippen LogP contribution in [-0.4, -0.2) is 41.2 Å². The molecule has 8 heteroatoms. The smallest absolute Gasteiger partial charge is 0.258 e. The molecule has 0 unspecified atom stereocenters. The summed E-state index contributed by atoms with van der Waals surface area (Å²) in [7, 11) is 0. The van der Waals surface area contributed by atoms with Crippen LogP contribution in [0.4, 0.5) is 5.69 Å². The van der Waals surface area contributed by atoms with E-state index in [2.05, 4.69) is 5.32 Å². The Bertz CT molecular complexity index is 1340. The van der Waals surface area contributed by atoms with Gasteiger partial charge in [0.25, 0.3) is 5.91 Å². The van der Waals surface area contributed by atoms with Crippen LogP contribution in [0.5, 0.6) is 0 Å². The molecule has 3 aromatic carbocycles. The van der Waals surface area contributed by atoms with E-state index >= 15 is 0 Å². The van der Waals surface area contributed by atoms with Gasteiger partial charge in [-0.25, -0.2) is 0 Å². The van der Waals surface area contributed by atoms with Crippen molar-refractivity contribution in [3.05, 3.63) is 75.8 Å². The fourth-order valence-corrected chi connectivity index (χ4v) is 5.08. The van der Waals surface area contributed by atoms with Crippen LogP contribution in [0.1, 0.15) is 56.0 Å². The van der Waals surface area contributed by atoms with Crippen LogP contribution in [-0.2, 0) is 16.1 Å². The third-order valence-corrected chi connectivity index (χ3v) is 7.53. The van der Waals surface area contributed by atoms with E-state index in [1.807, 2.05) is 50.2 Å². The third-order valence-electron chi connectivity index (χ3n) is 6.95. The van der Waals surface area contributed by atoms with E-state index in [1.165, 1.54) is 0 Å². The molecule has 1 heterocycles. The number of carbonyl (C=O) groups excluding carboxylic acids is 3. The molecule has 37 heavy (non-hydrogen) atoms. The Morgan fingerprint density at radius 1 is 1.05 bits per heavy atom. The van der Waals surface area contributed by atoms with E-state index in [9.17, 15) is 14.4 Å². The fraction of sp³-hybridized carbons (Fsp3) is 0.345. The van der Waals surface area contributed by atoms with Crippen LogP contribution in [0.3, 0.4) is 0 Å². The van der Waals surface area contributed by atoms with Crippen molar-refractivity contribution < 1.29 is 14.4 Å². The molecule has 0 aliphatic carbocycles. The SMILES string of the molecule is CC[C@H](C)NC(=O)[C@H](C)N(Cc1ccc(Cl)cc1Cl)C(=O)CCCN1C(=O)c2cccc3cccc1c23. The van der Waals surface area contributed by atoms with Crippen molar-refractivity contribution in [1.29, 1.82) is 0 Å². The van der Waals surface area contributed by atoms with Gasteiger partial charge in [-0.2, -0.15) is 0 Å². The molecule has 2 atom stereocenters. The van der Waals surface area contributed by atoms with Gasteiger partial charge in [0.05, 0.1) is 5.69 Å². The molecule has 0 aromatic heterocycles. The van der Waals surface area contributed by atoms with Gasteiger partial charge in [0, 0.05) is 46.5 Å². The second-order valence-corrected chi connectivity index (χ2v) is 10.3. The molecule has 3 aromatic rings. The van der Waals surface area contributed by atoms with Crippen LogP contribution in [0.2, 0.25) is 10.0 Å². The minimum Gasteiger partial charge on any atom is -0.352 e. The van der Waals surface area contributed by atoms with Crippen molar-refractivity contribution in [3.8, 4) is 0 Å². The number of hydrogen-bond donors (Lipinski definition) is 1. The molecule has 0 bridgehead atoms. The highest BCUT2D eigenvalue weighted by molar-refractivity contribution is 6.35. The zero-order chi connectivity index (χ0) is 26.7. The highest BCUT2D eigenvalue weighted by Crippen LogP contribution is 2.37. The number of anilines is 1. The second-order valence-electron chi connectivity index (χ2n) is 9.49. The average Bonchev–Trinajstić information content (AvgIpc) is 3.15. The average molecular weight is 540 g/mol. The van der Waals surface area contributed by atoms with E-state index < -0.39 is 6.04 Å². The van der Waals surface area contributed by atoms with Gasteiger partial charge in [0.15, 0.2) is 0 Å². The van der Waals surface area contributed by atoms with Crippen molar-refractivity contribution in [3.63, 3.8) is 0 Å². The summed E-state index contributed by atoms with van der Waals surface area (Å²) in [6, 6.07) is 16.0. The van der Waals surface area contributed by atoms with E-state index in [4.69, 9.17) is 23.2 Å². The Hall–Kier alpha value is -3.09. The number of benzene rings is 3. The van der Waals surface area contributed by atoms with Gasteiger partial charge in [-0.1, -0.05) is 60.5 Å². The maximum atomic E-state index is 13.5. The highest BCUT2D eigenvalue weighted by atomic mass is 35.5. The molecule has 0 spiro atoms. The Balaban J connectivity index is 1.48. The molecule has 1 aliphatic heterocycles. The Morgan fingerprint density at radius 2 is 1.78 bits per heavy atom. The third kappa shape index (κ3) is 5.76. The lowest BCUT2D eigenvalue weighted by atomic mass is 10.1. The number of amides is 3. The topological polar surface area (TPSA) is 69.7 Å². The van der Waals surface area contributed by atoms with Crippen molar-refractivity contribution in [2.24, 2.45) is 0 Å².